The summed E-state index contributed by atoms with van der Waals surface area (Å²) in [5, 5.41) is 0.974. The van der Waals surface area contributed by atoms with Gasteiger partial charge in [-0.15, -0.1) is 4.28 Å². The third kappa shape index (κ3) is 3.60. The van der Waals surface area contributed by atoms with Gasteiger partial charge in [-0.05, 0) is 25.0 Å². The predicted octanol–water partition coefficient (Wildman–Crippen LogP) is -0.732. The topological polar surface area (TPSA) is 168 Å². The molecule has 2 atom stereocenters. The molecule has 2 aliphatic rings. The van der Waals surface area contributed by atoms with Crippen molar-refractivity contribution in [3.8, 4) is 0 Å². The quantitative estimate of drug-likeness (QED) is 0.264. The van der Waals surface area contributed by atoms with E-state index in [9.17, 15) is 22.8 Å². The number of carbonyl (C=O) groups excluding carboxylic acids is 3. The number of aromatic nitrogens is 2. The van der Waals surface area contributed by atoms with Gasteiger partial charge in [-0.2, -0.15) is 13.5 Å². The Hall–Kier alpha value is -3.07. The van der Waals surface area contributed by atoms with Crippen molar-refractivity contribution in [2.75, 3.05) is 6.54 Å². The number of hydroxylamine groups is 2. The van der Waals surface area contributed by atoms with Crippen molar-refractivity contribution < 1.29 is 31.6 Å². The van der Waals surface area contributed by atoms with Crippen molar-refractivity contribution in [1.29, 1.82) is 0 Å². The molecule has 2 saturated heterocycles. The summed E-state index contributed by atoms with van der Waals surface area (Å²) in [6.45, 7) is -0.233. The zero-order valence-corrected chi connectivity index (χ0v) is 16.3. The molecular formula is C16H18N6O7S. The van der Waals surface area contributed by atoms with Crippen LogP contribution in [0, 0.1) is 0 Å². The van der Waals surface area contributed by atoms with E-state index in [0.717, 1.165) is 4.90 Å². The van der Waals surface area contributed by atoms with Gasteiger partial charge in [-0.3, -0.25) is 14.1 Å². The third-order valence-corrected chi connectivity index (χ3v) is 5.47. The summed E-state index contributed by atoms with van der Waals surface area (Å²) in [5.41, 5.74) is 1.38. The number of hydrogen-bond acceptors (Lipinski definition) is 8. The summed E-state index contributed by atoms with van der Waals surface area (Å²) in [7, 11) is -4.90. The Labute approximate surface area is 170 Å². The Morgan fingerprint density at radius 2 is 2.03 bits per heavy atom. The summed E-state index contributed by atoms with van der Waals surface area (Å²) < 4.78 is 36.6. The number of benzene rings is 1. The minimum Gasteiger partial charge on any atom is -0.321 e. The summed E-state index contributed by atoms with van der Waals surface area (Å²) in [6.07, 6.45) is 1.83. The number of imidazole rings is 1. The highest BCUT2D eigenvalue weighted by molar-refractivity contribution is 7.80. The second-order valence-corrected chi connectivity index (χ2v) is 7.98. The normalized spacial score (nSPS) is 21.3. The van der Waals surface area contributed by atoms with Gasteiger partial charge >= 0.3 is 16.4 Å². The molecule has 4 amide bonds. The third-order valence-electron chi connectivity index (χ3n) is 5.12. The maximum Gasteiger partial charge on any atom is 0.418 e. The maximum absolute atomic E-state index is 12.8. The zero-order valence-electron chi connectivity index (χ0n) is 15.5. The first kappa shape index (κ1) is 20.2. The van der Waals surface area contributed by atoms with E-state index in [-0.39, 0.29) is 25.9 Å². The van der Waals surface area contributed by atoms with Gasteiger partial charge in [0.15, 0.2) is 0 Å². The molecule has 14 heteroatoms. The highest BCUT2D eigenvalue weighted by atomic mass is 32.3. The molecule has 3 N–H and O–H groups in total. The Kier molecular flexibility index (Phi) is 4.93. The monoisotopic (exact) mass is 438 g/mol. The van der Waals surface area contributed by atoms with Crippen molar-refractivity contribution in [3.05, 3.63) is 30.6 Å². The van der Waals surface area contributed by atoms with Crippen LogP contribution < -0.4 is 5.84 Å². The molecule has 2 aromatic rings. The molecule has 30 heavy (non-hydrogen) atoms. The fourth-order valence-corrected chi connectivity index (χ4v) is 4.12. The van der Waals surface area contributed by atoms with Crippen molar-refractivity contribution in [3.63, 3.8) is 0 Å². The standard InChI is InChI=1S/C16H18N6O7S/c17-21(14(23)8-19-9-18-11-3-1-2-4-12(11)19)15(24)13-6-5-10-7-20(13)16(25)22(10)29-30(26,27)28/h1-4,9-10,13H,5-8,17H2,(H,26,27,28)/t10-,13+/m1/s1. The summed E-state index contributed by atoms with van der Waals surface area (Å²) in [6, 6.07) is 4.52. The number of para-hydroxylation sites is 2. The minimum atomic E-state index is -4.90. The molecule has 0 aliphatic carbocycles. The Morgan fingerprint density at radius 3 is 2.77 bits per heavy atom. The molecule has 0 radical (unpaired) electrons. The van der Waals surface area contributed by atoms with Gasteiger partial charge in [0.05, 0.1) is 23.4 Å². The van der Waals surface area contributed by atoms with Crippen LogP contribution in [-0.2, 0) is 30.8 Å². The molecular weight excluding hydrogens is 420 g/mol. The van der Waals surface area contributed by atoms with Crippen molar-refractivity contribution in [1.82, 2.24) is 24.5 Å². The van der Waals surface area contributed by atoms with Crippen LogP contribution in [0.3, 0.4) is 0 Å². The fraction of sp³-hybridized carbons (Fsp3) is 0.375. The van der Waals surface area contributed by atoms with Gasteiger partial charge in [0.1, 0.15) is 12.6 Å². The van der Waals surface area contributed by atoms with Gasteiger partial charge in [0, 0.05) is 6.54 Å². The summed E-state index contributed by atoms with van der Waals surface area (Å²) in [4.78, 5) is 43.0. The molecule has 13 nitrogen and oxygen atoms in total. The minimum absolute atomic E-state index is 0.00104. The van der Waals surface area contributed by atoms with Gasteiger partial charge in [0.25, 0.3) is 11.8 Å². The lowest BCUT2D eigenvalue weighted by Crippen LogP contribution is -2.55. The molecule has 1 aromatic carbocycles. The Balaban J connectivity index is 1.46. The molecule has 0 saturated carbocycles. The van der Waals surface area contributed by atoms with E-state index in [1.807, 2.05) is 0 Å². The fourth-order valence-electron chi connectivity index (χ4n) is 3.73. The van der Waals surface area contributed by atoms with Gasteiger partial charge < -0.3 is 9.47 Å². The number of hydrazine groups is 1. The number of amides is 4. The first-order chi connectivity index (χ1) is 14.2. The summed E-state index contributed by atoms with van der Waals surface area (Å²) in [5.74, 6) is 4.24. The van der Waals surface area contributed by atoms with Crippen LogP contribution in [0.25, 0.3) is 11.0 Å². The molecule has 160 valence electrons. The Bertz CT molecular complexity index is 1130. The number of imide groups is 1. The number of urea groups is 1. The number of rotatable bonds is 5. The molecule has 0 spiro atoms. The Morgan fingerprint density at radius 1 is 1.30 bits per heavy atom. The lowest BCUT2D eigenvalue weighted by Gasteiger charge is -2.31. The van der Waals surface area contributed by atoms with Crippen LogP contribution in [0.4, 0.5) is 4.79 Å². The molecule has 1 aromatic heterocycles. The van der Waals surface area contributed by atoms with Crippen molar-refractivity contribution in [2.45, 2.75) is 31.5 Å². The number of fused-ring (bicyclic) bond motifs is 3. The SMILES string of the molecule is NN(C(=O)Cn1cnc2ccccc21)C(=O)[C@@H]1CC[C@@H]2CN1C(=O)N2OS(=O)(=O)O. The van der Waals surface area contributed by atoms with Crippen molar-refractivity contribution >= 4 is 39.3 Å². The average Bonchev–Trinajstić information content (AvgIpc) is 3.21. The highest BCUT2D eigenvalue weighted by Crippen LogP contribution is 2.31. The number of piperidine rings is 1. The van der Waals surface area contributed by atoms with E-state index < -0.39 is 40.3 Å². The average molecular weight is 438 g/mol. The molecule has 2 aliphatic heterocycles. The molecule has 0 unspecified atom stereocenters. The summed E-state index contributed by atoms with van der Waals surface area (Å²) >= 11 is 0. The van der Waals surface area contributed by atoms with E-state index >= 15 is 0 Å². The van der Waals surface area contributed by atoms with Crippen LogP contribution in [0.2, 0.25) is 0 Å². The van der Waals surface area contributed by atoms with E-state index in [0.29, 0.717) is 21.1 Å². The number of nitrogens with two attached hydrogens (primary N) is 1. The molecule has 3 heterocycles. The maximum atomic E-state index is 12.8. The second kappa shape index (κ2) is 7.32. The number of hydrogen-bond donors (Lipinski definition) is 2. The highest BCUT2D eigenvalue weighted by Gasteiger charge is 2.50. The van der Waals surface area contributed by atoms with Crippen molar-refractivity contribution in [2.24, 2.45) is 5.84 Å². The largest absolute Gasteiger partial charge is 0.418 e. The van der Waals surface area contributed by atoms with E-state index in [2.05, 4.69) is 9.27 Å². The second-order valence-electron chi connectivity index (χ2n) is 6.97. The molecule has 2 bridgehead atoms. The van der Waals surface area contributed by atoms with Crippen LogP contribution >= 0.6 is 0 Å². The predicted molar refractivity (Wildman–Crippen MR) is 99.2 cm³/mol. The van der Waals surface area contributed by atoms with Crippen LogP contribution in [0.1, 0.15) is 12.8 Å². The van der Waals surface area contributed by atoms with E-state index in [1.165, 1.54) is 6.33 Å². The lowest BCUT2D eigenvalue weighted by atomic mass is 10.00. The van der Waals surface area contributed by atoms with E-state index in [1.54, 1.807) is 28.8 Å². The first-order valence-corrected chi connectivity index (χ1v) is 10.3. The van der Waals surface area contributed by atoms with Gasteiger partial charge in [0.2, 0.25) is 0 Å². The van der Waals surface area contributed by atoms with Gasteiger partial charge in [-0.1, -0.05) is 12.1 Å². The smallest absolute Gasteiger partial charge is 0.321 e. The van der Waals surface area contributed by atoms with Crippen LogP contribution in [0.15, 0.2) is 30.6 Å². The lowest BCUT2D eigenvalue weighted by molar-refractivity contribution is -0.148. The van der Waals surface area contributed by atoms with E-state index in [4.69, 9.17) is 10.4 Å². The molecule has 2 fully saturated rings. The van der Waals surface area contributed by atoms with Gasteiger partial charge in [-0.25, -0.2) is 20.6 Å². The molecule has 4 rings (SSSR count). The zero-order chi connectivity index (χ0) is 21.6. The number of carbonyl (C=O) groups is 3. The number of nitrogens with zero attached hydrogens (tertiary/aromatic N) is 5. The first-order valence-electron chi connectivity index (χ1n) is 8.94. The van der Waals surface area contributed by atoms with Crippen LogP contribution in [0.5, 0.6) is 0 Å². The van der Waals surface area contributed by atoms with Crippen LogP contribution in [-0.4, -0.2) is 74.0 Å².